The van der Waals surface area contributed by atoms with Crippen molar-refractivity contribution in [2.75, 3.05) is 19.6 Å². The fourth-order valence-corrected chi connectivity index (χ4v) is 1.31. The Labute approximate surface area is 54.5 Å². The molecular weight excluding hydrogens is 114 g/mol. The molecule has 50 valence electrons. The minimum atomic E-state index is 1.02. The van der Waals surface area contributed by atoms with Gasteiger partial charge in [-0.15, -0.1) is 0 Å². The topological polar surface area (TPSA) is 36.1 Å². The van der Waals surface area contributed by atoms with Gasteiger partial charge in [-0.2, -0.15) is 0 Å². The smallest absolute Gasteiger partial charge is 0.0406 e. The van der Waals surface area contributed by atoms with Gasteiger partial charge in [0.05, 0.1) is 0 Å². The van der Waals surface area contributed by atoms with Crippen LogP contribution in [0.25, 0.3) is 0 Å². The predicted molar refractivity (Wildman–Crippen MR) is 35.7 cm³/mol. The first-order valence-corrected chi connectivity index (χ1v) is 3.37. The predicted octanol–water partition coefficient (Wildman–Crippen LogP) is -0.658. The largest absolute Gasteiger partial charge is 0.324 e. The molecule has 0 fully saturated rings. The molecule has 2 aliphatic rings. The summed E-state index contributed by atoms with van der Waals surface area (Å²) < 4.78 is 0. The van der Waals surface area contributed by atoms with Crippen molar-refractivity contribution < 1.29 is 0 Å². The minimum absolute atomic E-state index is 1.02. The van der Waals surface area contributed by atoms with Crippen molar-refractivity contribution in [1.82, 2.24) is 16.2 Å². The Morgan fingerprint density at radius 3 is 3.11 bits per heavy atom. The molecule has 0 saturated carbocycles. The highest BCUT2D eigenvalue weighted by Crippen LogP contribution is 2.11. The van der Waals surface area contributed by atoms with E-state index in [4.69, 9.17) is 0 Å². The molecule has 3 heteroatoms. The molecule has 0 atom stereocenters. The lowest BCUT2D eigenvalue weighted by Gasteiger charge is -2.13. The van der Waals surface area contributed by atoms with Crippen LogP contribution in [0.15, 0.2) is 11.3 Å². The first-order chi connectivity index (χ1) is 4.47. The van der Waals surface area contributed by atoms with Crippen molar-refractivity contribution >= 4 is 0 Å². The molecule has 0 spiro atoms. The highest BCUT2D eigenvalue weighted by molar-refractivity contribution is 5.21. The van der Waals surface area contributed by atoms with Gasteiger partial charge in [0, 0.05) is 18.8 Å². The van der Waals surface area contributed by atoms with E-state index >= 15 is 0 Å². The Kier molecular flexibility index (Phi) is 1.17. The van der Waals surface area contributed by atoms with E-state index in [0.717, 1.165) is 19.6 Å². The molecule has 2 aliphatic heterocycles. The van der Waals surface area contributed by atoms with Crippen LogP contribution in [0.2, 0.25) is 0 Å². The summed E-state index contributed by atoms with van der Waals surface area (Å²) in [5.41, 5.74) is 9.14. The van der Waals surface area contributed by atoms with E-state index in [1.807, 2.05) is 0 Å². The lowest BCUT2D eigenvalue weighted by Crippen LogP contribution is -2.30. The summed E-state index contributed by atoms with van der Waals surface area (Å²) >= 11 is 0. The van der Waals surface area contributed by atoms with Gasteiger partial charge in [0.25, 0.3) is 0 Å². The summed E-state index contributed by atoms with van der Waals surface area (Å²) in [5, 5.41) is 3.30. The number of hydrogen-bond acceptors (Lipinski definition) is 3. The van der Waals surface area contributed by atoms with Crippen LogP contribution in [0.3, 0.4) is 0 Å². The maximum Gasteiger partial charge on any atom is 0.0406 e. The van der Waals surface area contributed by atoms with Crippen LogP contribution < -0.4 is 16.2 Å². The van der Waals surface area contributed by atoms with E-state index in [1.165, 1.54) is 12.1 Å². The maximum absolute atomic E-state index is 3.30. The van der Waals surface area contributed by atoms with Crippen LogP contribution in [-0.4, -0.2) is 19.6 Å². The first kappa shape index (κ1) is 5.26. The number of hydrazine groups is 1. The van der Waals surface area contributed by atoms with Gasteiger partial charge in [-0.3, -0.25) is 0 Å². The summed E-state index contributed by atoms with van der Waals surface area (Å²) in [7, 11) is 0. The quantitative estimate of drug-likeness (QED) is 0.402. The van der Waals surface area contributed by atoms with Gasteiger partial charge in [-0.05, 0) is 18.5 Å². The van der Waals surface area contributed by atoms with E-state index in [1.54, 1.807) is 5.57 Å². The third-order valence-electron chi connectivity index (χ3n) is 1.87. The van der Waals surface area contributed by atoms with Crippen LogP contribution >= 0.6 is 0 Å². The van der Waals surface area contributed by atoms with Crippen molar-refractivity contribution in [3.05, 3.63) is 11.3 Å². The fraction of sp³-hybridized carbons (Fsp3) is 0.667. The van der Waals surface area contributed by atoms with E-state index in [0.29, 0.717) is 0 Å². The SMILES string of the molecule is C1CC2=C(CN1)NNC2. The van der Waals surface area contributed by atoms with Crippen molar-refractivity contribution in [3.63, 3.8) is 0 Å². The maximum atomic E-state index is 3.30. The molecule has 0 radical (unpaired) electrons. The van der Waals surface area contributed by atoms with E-state index in [9.17, 15) is 0 Å². The van der Waals surface area contributed by atoms with Crippen molar-refractivity contribution in [2.24, 2.45) is 0 Å². The lowest BCUT2D eigenvalue weighted by molar-refractivity contribution is 0.646. The van der Waals surface area contributed by atoms with Gasteiger partial charge in [-0.1, -0.05) is 0 Å². The zero-order chi connectivity index (χ0) is 6.10. The molecule has 0 aliphatic carbocycles. The highest BCUT2D eigenvalue weighted by atomic mass is 15.4. The van der Waals surface area contributed by atoms with E-state index in [-0.39, 0.29) is 0 Å². The van der Waals surface area contributed by atoms with Gasteiger partial charge in [0.1, 0.15) is 0 Å². The second-order valence-electron chi connectivity index (χ2n) is 2.49. The average Bonchev–Trinajstić information content (AvgIpc) is 2.33. The minimum Gasteiger partial charge on any atom is -0.324 e. The second kappa shape index (κ2) is 2.01. The first-order valence-electron chi connectivity index (χ1n) is 3.37. The molecular formula is C6H11N3. The van der Waals surface area contributed by atoms with Crippen molar-refractivity contribution in [1.29, 1.82) is 0 Å². The molecule has 0 bridgehead atoms. The summed E-state index contributed by atoms with van der Waals surface area (Å²) in [4.78, 5) is 0. The molecule has 2 heterocycles. The molecule has 0 amide bonds. The third-order valence-corrected chi connectivity index (χ3v) is 1.87. The number of nitrogens with one attached hydrogen (secondary N) is 3. The molecule has 0 aromatic carbocycles. The van der Waals surface area contributed by atoms with Crippen LogP contribution in [0, 0.1) is 0 Å². The van der Waals surface area contributed by atoms with Gasteiger partial charge in [-0.25, -0.2) is 5.43 Å². The zero-order valence-corrected chi connectivity index (χ0v) is 5.33. The summed E-state index contributed by atoms with van der Waals surface area (Å²) in [6.07, 6.45) is 1.20. The van der Waals surface area contributed by atoms with Crippen molar-refractivity contribution in [3.8, 4) is 0 Å². The van der Waals surface area contributed by atoms with Gasteiger partial charge in [0.2, 0.25) is 0 Å². The molecule has 3 nitrogen and oxygen atoms in total. The zero-order valence-electron chi connectivity index (χ0n) is 5.33. The normalized spacial score (nSPS) is 25.8. The molecule has 3 N–H and O–H groups in total. The monoisotopic (exact) mass is 125 g/mol. The number of rotatable bonds is 0. The van der Waals surface area contributed by atoms with Crippen LogP contribution in [0.5, 0.6) is 0 Å². The molecule has 0 saturated heterocycles. The molecule has 0 unspecified atom stereocenters. The number of hydrogen-bond donors (Lipinski definition) is 3. The second-order valence-corrected chi connectivity index (χ2v) is 2.49. The van der Waals surface area contributed by atoms with Gasteiger partial charge < -0.3 is 10.7 Å². The summed E-state index contributed by atoms with van der Waals surface area (Å²) in [5.74, 6) is 0. The molecule has 0 aromatic rings. The van der Waals surface area contributed by atoms with Crippen LogP contribution in [-0.2, 0) is 0 Å². The Balaban J connectivity index is 2.17. The van der Waals surface area contributed by atoms with E-state index < -0.39 is 0 Å². The van der Waals surface area contributed by atoms with Crippen molar-refractivity contribution in [2.45, 2.75) is 6.42 Å². The van der Waals surface area contributed by atoms with Gasteiger partial charge >= 0.3 is 0 Å². The highest BCUT2D eigenvalue weighted by Gasteiger charge is 2.15. The summed E-state index contributed by atoms with van der Waals surface area (Å²) in [6.45, 7) is 3.20. The summed E-state index contributed by atoms with van der Waals surface area (Å²) in [6, 6.07) is 0. The standard InChI is InChI=1S/C6H11N3/c1-2-7-4-6-5(1)3-8-9-6/h7-9H,1-4H2. The van der Waals surface area contributed by atoms with E-state index in [2.05, 4.69) is 16.2 Å². The van der Waals surface area contributed by atoms with Crippen LogP contribution in [0.1, 0.15) is 6.42 Å². The Morgan fingerprint density at radius 1 is 1.22 bits per heavy atom. The van der Waals surface area contributed by atoms with Crippen LogP contribution in [0.4, 0.5) is 0 Å². The Morgan fingerprint density at radius 2 is 2.22 bits per heavy atom. The Hall–Kier alpha value is -0.540. The molecule has 9 heavy (non-hydrogen) atoms. The Bertz CT molecular complexity index is 134. The lowest BCUT2D eigenvalue weighted by atomic mass is 10.1. The molecule has 2 rings (SSSR count). The molecule has 0 aromatic heterocycles. The van der Waals surface area contributed by atoms with Gasteiger partial charge in [0.15, 0.2) is 0 Å². The fourth-order valence-electron chi connectivity index (χ4n) is 1.31. The third kappa shape index (κ3) is 0.821. The average molecular weight is 125 g/mol.